The van der Waals surface area contributed by atoms with Crippen LogP contribution in [-0.4, -0.2) is 17.5 Å². The summed E-state index contributed by atoms with van der Waals surface area (Å²) in [5, 5.41) is 5.20. The molecule has 0 amide bonds. The molecule has 0 aromatic heterocycles. The number of nitrogens with one attached hydrogen (secondary N) is 1. The Labute approximate surface area is 137 Å². The van der Waals surface area contributed by atoms with Crippen molar-refractivity contribution in [2.24, 2.45) is 10.4 Å². The molecular weight excluding hydrogens is 391 g/mol. The fourth-order valence-corrected chi connectivity index (χ4v) is 4.30. The van der Waals surface area contributed by atoms with Gasteiger partial charge >= 0.3 is 0 Å². The van der Waals surface area contributed by atoms with Gasteiger partial charge in [0.15, 0.2) is 5.17 Å². The molecule has 0 aliphatic carbocycles. The Bertz CT molecular complexity index is 486. The zero-order valence-electron chi connectivity index (χ0n) is 11.2. The average Bonchev–Trinajstić information content (AvgIpc) is 2.43. The van der Waals surface area contributed by atoms with Crippen molar-refractivity contribution in [1.29, 1.82) is 0 Å². The Morgan fingerprint density at radius 1 is 1.42 bits per heavy atom. The highest BCUT2D eigenvalue weighted by atomic mass is 127. The lowest BCUT2D eigenvalue weighted by molar-refractivity contribution is 0.318. The molecule has 1 heterocycles. The first-order valence-electron chi connectivity index (χ1n) is 6.48. The van der Waals surface area contributed by atoms with E-state index < -0.39 is 0 Å². The highest BCUT2D eigenvalue weighted by Gasteiger charge is 2.30. The van der Waals surface area contributed by atoms with Gasteiger partial charge in [-0.2, -0.15) is 0 Å². The summed E-state index contributed by atoms with van der Waals surface area (Å²) < 4.78 is 1.12. The second-order valence-electron chi connectivity index (χ2n) is 4.87. The van der Waals surface area contributed by atoms with E-state index >= 15 is 0 Å². The highest BCUT2D eigenvalue weighted by Crippen LogP contribution is 2.35. The molecule has 2 rings (SSSR count). The largest absolute Gasteiger partial charge is 0.334 e. The van der Waals surface area contributed by atoms with Crippen molar-refractivity contribution in [3.63, 3.8) is 0 Å². The molecular formula is C14H18ClIN2S. The molecule has 0 atom stereocenters. The van der Waals surface area contributed by atoms with Gasteiger partial charge in [0.25, 0.3) is 0 Å². The van der Waals surface area contributed by atoms with Gasteiger partial charge < -0.3 is 5.32 Å². The molecule has 0 spiro atoms. The van der Waals surface area contributed by atoms with Crippen molar-refractivity contribution < 1.29 is 0 Å². The molecule has 0 saturated heterocycles. The zero-order chi connectivity index (χ0) is 13.9. The predicted octanol–water partition coefficient (Wildman–Crippen LogP) is 5.27. The fraction of sp³-hybridized carbons (Fsp3) is 0.500. The van der Waals surface area contributed by atoms with Gasteiger partial charge in [-0.25, -0.2) is 0 Å². The minimum Gasteiger partial charge on any atom is -0.334 e. The normalized spacial score (nSPS) is 18.0. The molecule has 1 aromatic carbocycles. The van der Waals surface area contributed by atoms with Crippen molar-refractivity contribution in [2.45, 2.75) is 26.7 Å². The Balaban J connectivity index is 2.07. The van der Waals surface area contributed by atoms with E-state index in [0.29, 0.717) is 5.41 Å². The Hall–Kier alpha value is 0.0600. The third-order valence-electron chi connectivity index (χ3n) is 3.75. The maximum atomic E-state index is 5.97. The third kappa shape index (κ3) is 3.79. The lowest BCUT2D eigenvalue weighted by Gasteiger charge is -2.33. The van der Waals surface area contributed by atoms with E-state index in [-0.39, 0.29) is 0 Å². The average molecular weight is 409 g/mol. The van der Waals surface area contributed by atoms with Crippen LogP contribution in [0.15, 0.2) is 23.2 Å². The van der Waals surface area contributed by atoms with Crippen LogP contribution in [0.25, 0.3) is 0 Å². The van der Waals surface area contributed by atoms with Crippen LogP contribution in [0, 0.1) is 8.99 Å². The van der Waals surface area contributed by atoms with Crippen LogP contribution in [0.5, 0.6) is 0 Å². The van der Waals surface area contributed by atoms with E-state index in [9.17, 15) is 0 Å². The van der Waals surface area contributed by atoms with Crippen LogP contribution < -0.4 is 5.32 Å². The first kappa shape index (κ1) is 15.4. The van der Waals surface area contributed by atoms with E-state index in [4.69, 9.17) is 16.6 Å². The van der Waals surface area contributed by atoms with E-state index in [2.05, 4.69) is 41.8 Å². The second kappa shape index (κ2) is 6.68. The van der Waals surface area contributed by atoms with E-state index in [1.165, 1.54) is 12.8 Å². The van der Waals surface area contributed by atoms with Crippen LogP contribution in [-0.2, 0) is 0 Å². The molecule has 1 N–H and O–H groups in total. The van der Waals surface area contributed by atoms with Gasteiger partial charge in [-0.15, -0.1) is 0 Å². The Morgan fingerprint density at radius 2 is 2.16 bits per heavy atom. The molecule has 2 nitrogen and oxygen atoms in total. The third-order valence-corrected chi connectivity index (χ3v) is 6.13. The van der Waals surface area contributed by atoms with E-state index in [0.717, 1.165) is 31.7 Å². The van der Waals surface area contributed by atoms with Gasteiger partial charge in [0.05, 0.1) is 5.69 Å². The molecule has 0 bridgehead atoms. The minimum atomic E-state index is 0.392. The van der Waals surface area contributed by atoms with Gasteiger partial charge in [-0.1, -0.05) is 37.2 Å². The Morgan fingerprint density at radius 3 is 2.68 bits per heavy atom. The number of anilines is 1. The number of thioether (sulfide) groups is 1. The fourth-order valence-electron chi connectivity index (χ4n) is 2.01. The second-order valence-corrected chi connectivity index (χ2v) is 7.43. The molecule has 1 aliphatic heterocycles. The quantitative estimate of drug-likeness (QED) is 0.689. The van der Waals surface area contributed by atoms with Crippen LogP contribution in [0.1, 0.15) is 26.7 Å². The minimum absolute atomic E-state index is 0.392. The van der Waals surface area contributed by atoms with Crippen molar-refractivity contribution in [2.75, 3.05) is 17.6 Å². The summed E-state index contributed by atoms with van der Waals surface area (Å²) in [5.41, 5.74) is 1.47. The van der Waals surface area contributed by atoms with Crippen LogP contribution in [0.3, 0.4) is 0 Å². The number of amidine groups is 1. The number of halogens is 2. The summed E-state index contributed by atoms with van der Waals surface area (Å²) in [7, 11) is 0. The van der Waals surface area contributed by atoms with Crippen molar-refractivity contribution in [1.82, 2.24) is 0 Å². The lowest BCUT2D eigenvalue weighted by Crippen LogP contribution is -2.32. The summed E-state index contributed by atoms with van der Waals surface area (Å²) in [6.45, 7) is 5.46. The van der Waals surface area contributed by atoms with Gasteiger partial charge in [0, 0.05) is 20.9 Å². The topological polar surface area (TPSA) is 24.4 Å². The number of aliphatic imine (C=N–C) groups is 1. The summed E-state index contributed by atoms with van der Waals surface area (Å²) in [6, 6.07) is 5.87. The van der Waals surface area contributed by atoms with Gasteiger partial charge in [-0.05, 0) is 59.0 Å². The summed E-state index contributed by atoms with van der Waals surface area (Å²) in [6.07, 6.45) is 2.40. The van der Waals surface area contributed by atoms with Gasteiger partial charge in [0.2, 0.25) is 0 Å². The summed E-state index contributed by atoms with van der Waals surface area (Å²) in [5.74, 6) is 1.15. The summed E-state index contributed by atoms with van der Waals surface area (Å²) in [4.78, 5) is 4.72. The maximum absolute atomic E-state index is 5.97. The number of benzene rings is 1. The molecule has 5 heteroatoms. The number of hydrogen-bond donors (Lipinski definition) is 1. The van der Waals surface area contributed by atoms with Crippen LogP contribution >= 0.6 is 46.0 Å². The molecule has 104 valence electrons. The zero-order valence-corrected chi connectivity index (χ0v) is 14.9. The standard InChI is InChI=1S/C14H18ClIN2S/c1-3-14(4-2)8-17-13(19-9-14)18-12-6-5-10(15)7-11(12)16/h5-7H,3-4,8-9H2,1-2H3,(H,17,18). The molecule has 0 saturated carbocycles. The van der Waals surface area contributed by atoms with Crippen molar-refractivity contribution in [3.8, 4) is 0 Å². The van der Waals surface area contributed by atoms with Crippen molar-refractivity contribution >= 4 is 56.8 Å². The first-order chi connectivity index (χ1) is 9.08. The Kier molecular flexibility index (Phi) is 5.43. The molecule has 1 aliphatic rings. The van der Waals surface area contributed by atoms with Crippen LogP contribution in [0.4, 0.5) is 5.69 Å². The van der Waals surface area contributed by atoms with Crippen LogP contribution in [0.2, 0.25) is 5.02 Å². The lowest BCUT2D eigenvalue weighted by atomic mass is 9.84. The van der Waals surface area contributed by atoms with E-state index in [1.807, 2.05) is 30.0 Å². The van der Waals surface area contributed by atoms with E-state index in [1.54, 1.807) is 0 Å². The predicted molar refractivity (Wildman–Crippen MR) is 95.6 cm³/mol. The molecule has 19 heavy (non-hydrogen) atoms. The summed E-state index contributed by atoms with van der Waals surface area (Å²) >= 11 is 10.1. The SMILES string of the molecule is CCC1(CC)CN=C(Nc2ccc(Cl)cc2I)SC1. The first-order valence-corrected chi connectivity index (χ1v) is 8.92. The number of hydrogen-bond acceptors (Lipinski definition) is 3. The van der Waals surface area contributed by atoms with Crippen molar-refractivity contribution in [3.05, 3.63) is 26.8 Å². The molecule has 0 radical (unpaired) electrons. The highest BCUT2D eigenvalue weighted by molar-refractivity contribution is 14.1. The molecule has 0 unspecified atom stereocenters. The van der Waals surface area contributed by atoms with Gasteiger partial charge in [-0.3, -0.25) is 4.99 Å². The monoisotopic (exact) mass is 408 g/mol. The number of rotatable bonds is 3. The molecule has 1 aromatic rings. The molecule has 0 fully saturated rings. The number of nitrogens with zero attached hydrogens (tertiary/aromatic N) is 1. The smallest absolute Gasteiger partial charge is 0.161 e. The maximum Gasteiger partial charge on any atom is 0.161 e. The van der Waals surface area contributed by atoms with Gasteiger partial charge in [0.1, 0.15) is 0 Å².